The van der Waals surface area contributed by atoms with Gasteiger partial charge in [0.25, 0.3) is 0 Å². The number of amides is 1. The van der Waals surface area contributed by atoms with Crippen LogP contribution in [0.1, 0.15) is 49.6 Å². The van der Waals surface area contributed by atoms with E-state index in [1.54, 1.807) is 0 Å². The van der Waals surface area contributed by atoms with Gasteiger partial charge in [-0.05, 0) is 62.4 Å². The lowest BCUT2D eigenvalue weighted by Crippen LogP contribution is -2.23. The predicted octanol–water partition coefficient (Wildman–Crippen LogP) is 4.70. The van der Waals surface area contributed by atoms with Gasteiger partial charge < -0.3 is 19.2 Å². The molecule has 1 aliphatic rings. The molecular weight excluding hydrogens is 368 g/mol. The minimum absolute atomic E-state index is 0.0880. The van der Waals surface area contributed by atoms with Crippen LogP contribution in [0.3, 0.4) is 0 Å². The highest BCUT2D eigenvalue weighted by Gasteiger charge is 2.22. The molecule has 0 bridgehead atoms. The lowest BCUT2D eigenvalue weighted by Gasteiger charge is -2.10. The highest BCUT2D eigenvalue weighted by molar-refractivity contribution is 5.80. The maximum absolute atomic E-state index is 11.2. The van der Waals surface area contributed by atoms with E-state index < -0.39 is 0 Å². The Morgan fingerprint density at radius 3 is 2.83 bits per heavy atom. The van der Waals surface area contributed by atoms with Gasteiger partial charge in [-0.1, -0.05) is 0 Å². The van der Waals surface area contributed by atoms with Crippen LogP contribution in [0.15, 0.2) is 40.9 Å². The number of aromatic nitrogens is 1. The van der Waals surface area contributed by atoms with Crippen molar-refractivity contribution in [3.8, 4) is 11.6 Å². The summed E-state index contributed by atoms with van der Waals surface area (Å²) in [5.41, 5.74) is 2.89. The number of pyridine rings is 1. The zero-order chi connectivity index (χ0) is 20.4. The summed E-state index contributed by atoms with van der Waals surface area (Å²) in [6, 6.07) is 9.43. The Morgan fingerprint density at radius 1 is 1.28 bits per heavy atom. The first kappa shape index (κ1) is 19.3. The Kier molecular flexibility index (Phi) is 5.43. The summed E-state index contributed by atoms with van der Waals surface area (Å²) >= 11 is 0. The van der Waals surface area contributed by atoms with Crippen LogP contribution in [0, 0.1) is 12.8 Å². The van der Waals surface area contributed by atoms with Gasteiger partial charge in [-0.2, -0.15) is 0 Å². The lowest BCUT2D eigenvalue weighted by atomic mass is 10.2. The molecule has 2 aromatic heterocycles. The van der Waals surface area contributed by atoms with Gasteiger partial charge in [0.15, 0.2) is 0 Å². The van der Waals surface area contributed by atoms with Crippen molar-refractivity contribution in [2.45, 2.75) is 46.3 Å². The topological polar surface area (TPSA) is 73.6 Å². The molecule has 1 aliphatic carbocycles. The predicted molar refractivity (Wildman–Crippen MR) is 110 cm³/mol. The van der Waals surface area contributed by atoms with Crippen LogP contribution in [-0.4, -0.2) is 17.5 Å². The van der Waals surface area contributed by atoms with E-state index in [0.717, 1.165) is 34.5 Å². The monoisotopic (exact) mass is 394 g/mol. The number of carbonyl (C=O) groups excluding carboxylic acids is 1. The van der Waals surface area contributed by atoms with Gasteiger partial charge in [0, 0.05) is 30.1 Å². The summed E-state index contributed by atoms with van der Waals surface area (Å²) in [6.45, 7) is 6.62. The minimum atomic E-state index is -0.182. The molecule has 1 atom stereocenters. The number of fused-ring (bicyclic) bond motifs is 1. The van der Waals surface area contributed by atoms with Crippen molar-refractivity contribution >= 4 is 16.9 Å². The van der Waals surface area contributed by atoms with Crippen LogP contribution < -0.4 is 14.8 Å². The summed E-state index contributed by atoms with van der Waals surface area (Å²) < 4.78 is 17.5. The Labute approximate surface area is 170 Å². The number of nitrogens with one attached hydrogen (secondary N) is 1. The second-order valence-corrected chi connectivity index (χ2v) is 7.76. The highest BCUT2D eigenvalue weighted by atomic mass is 16.5. The zero-order valence-corrected chi connectivity index (χ0v) is 17.0. The molecule has 1 fully saturated rings. The van der Waals surface area contributed by atoms with Gasteiger partial charge >= 0.3 is 0 Å². The smallest absolute Gasteiger partial charge is 0.217 e. The van der Waals surface area contributed by atoms with Gasteiger partial charge in [-0.25, -0.2) is 4.98 Å². The van der Waals surface area contributed by atoms with Gasteiger partial charge in [-0.15, -0.1) is 0 Å². The van der Waals surface area contributed by atoms with Crippen LogP contribution in [0.5, 0.6) is 11.6 Å². The van der Waals surface area contributed by atoms with Gasteiger partial charge in [0.05, 0.1) is 12.6 Å². The molecule has 2 heterocycles. The molecule has 29 heavy (non-hydrogen) atoms. The molecular formula is C23H26N2O4. The zero-order valence-electron chi connectivity index (χ0n) is 17.0. The van der Waals surface area contributed by atoms with Crippen LogP contribution in [0.2, 0.25) is 0 Å². The maximum Gasteiger partial charge on any atom is 0.217 e. The van der Waals surface area contributed by atoms with Crippen LogP contribution in [0.4, 0.5) is 0 Å². The first-order chi connectivity index (χ1) is 14.0. The number of benzene rings is 1. The molecule has 0 spiro atoms. The van der Waals surface area contributed by atoms with Gasteiger partial charge in [0.2, 0.25) is 11.8 Å². The Hall–Kier alpha value is -3.02. The van der Waals surface area contributed by atoms with Gasteiger partial charge in [0.1, 0.15) is 23.7 Å². The van der Waals surface area contributed by atoms with Crippen LogP contribution in [-0.2, 0) is 11.4 Å². The summed E-state index contributed by atoms with van der Waals surface area (Å²) in [5, 5.41) is 3.77. The summed E-state index contributed by atoms with van der Waals surface area (Å²) in [4.78, 5) is 15.6. The van der Waals surface area contributed by atoms with E-state index in [2.05, 4.69) is 10.3 Å². The molecule has 1 N–H and O–H groups in total. The molecule has 0 radical (unpaired) electrons. The quantitative estimate of drug-likeness (QED) is 0.599. The lowest BCUT2D eigenvalue weighted by molar-refractivity contribution is -0.119. The summed E-state index contributed by atoms with van der Waals surface area (Å²) in [5.74, 6) is 2.77. The molecule has 1 amide bonds. The fourth-order valence-electron chi connectivity index (χ4n) is 3.16. The number of ether oxygens (including phenoxy) is 2. The summed E-state index contributed by atoms with van der Waals surface area (Å²) in [7, 11) is 0. The third-order valence-corrected chi connectivity index (χ3v) is 5.11. The normalized spacial score (nSPS) is 14.6. The number of hydrogen-bond donors (Lipinski definition) is 1. The SMILES string of the molecule is CC(=O)NC(C)c1cc2cc(OCc3cnc(OCC4CC4)cc3C)ccc2o1. The van der Waals surface area contributed by atoms with E-state index >= 15 is 0 Å². The average Bonchev–Trinajstić information content (AvgIpc) is 3.41. The van der Waals surface area contributed by atoms with E-state index in [4.69, 9.17) is 13.9 Å². The second-order valence-electron chi connectivity index (χ2n) is 7.76. The van der Waals surface area contributed by atoms with E-state index in [-0.39, 0.29) is 11.9 Å². The number of rotatable bonds is 8. The number of nitrogens with zero attached hydrogens (tertiary/aromatic N) is 1. The number of hydrogen-bond acceptors (Lipinski definition) is 5. The standard InChI is InChI=1S/C23H26N2O4/c1-14-8-23(28-12-17-4-5-17)24-11-19(14)13-27-20-6-7-21-18(9-20)10-22(29-21)15(2)25-16(3)26/h6-11,15,17H,4-5,12-13H2,1-3H3,(H,25,26). The minimum Gasteiger partial charge on any atom is -0.489 e. The fourth-order valence-corrected chi connectivity index (χ4v) is 3.16. The Balaban J connectivity index is 1.40. The molecule has 3 aromatic rings. The number of carbonyl (C=O) groups is 1. The first-order valence-electron chi connectivity index (χ1n) is 9.99. The average molecular weight is 394 g/mol. The second kappa shape index (κ2) is 8.15. The molecule has 0 aliphatic heterocycles. The number of aryl methyl sites for hydroxylation is 1. The third kappa shape index (κ3) is 4.88. The molecule has 6 nitrogen and oxygen atoms in total. The van der Waals surface area contributed by atoms with Crippen molar-refractivity contribution in [1.29, 1.82) is 0 Å². The van der Waals surface area contributed by atoms with E-state index in [1.165, 1.54) is 19.8 Å². The molecule has 1 aromatic carbocycles. The third-order valence-electron chi connectivity index (χ3n) is 5.11. The molecule has 6 heteroatoms. The molecule has 1 unspecified atom stereocenters. The van der Waals surface area contributed by atoms with Crippen molar-refractivity contribution in [2.75, 3.05) is 6.61 Å². The maximum atomic E-state index is 11.2. The van der Waals surface area contributed by atoms with Crippen molar-refractivity contribution in [1.82, 2.24) is 10.3 Å². The Bertz CT molecular complexity index is 1020. The van der Waals surface area contributed by atoms with Crippen molar-refractivity contribution in [2.24, 2.45) is 5.92 Å². The van der Waals surface area contributed by atoms with Crippen molar-refractivity contribution in [3.63, 3.8) is 0 Å². The van der Waals surface area contributed by atoms with E-state index in [1.807, 2.05) is 50.4 Å². The van der Waals surface area contributed by atoms with Crippen LogP contribution >= 0.6 is 0 Å². The largest absolute Gasteiger partial charge is 0.489 e. The number of furan rings is 1. The van der Waals surface area contributed by atoms with E-state index in [0.29, 0.717) is 24.2 Å². The first-order valence-corrected chi connectivity index (χ1v) is 9.99. The van der Waals surface area contributed by atoms with E-state index in [9.17, 15) is 4.79 Å². The van der Waals surface area contributed by atoms with Crippen LogP contribution in [0.25, 0.3) is 11.0 Å². The van der Waals surface area contributed by atoms with Gasteiger partial charge in [-0.3, -0.25) is 4.79 Å². The van der Waals surface area contributed by atoms with Crippen molar-refractivity contribution < 1.29 is 18.7 Å². The molecule has 1 saturated carbocycles. The Morgan fingerprint density at radius 2 is 2.10 bits per heavy atom. The highest BCUT2D eigenvalue weighted by Crippen LogP contribution is 2.30. The van der Waals surface area contributed by atoms with Crippen molar-refractivity contribution in [3.05, 3.63) is 53.4 Å². The molecule has 152 valence electrons. The molecule has 0 saturated heterocycles. The summed E-state index contributed by atoms with van der Waals surface area (Å²) in [6.07, 6.45) is 4.35. The molecule has 4 rings (SSSR count). The fraction of sp³-hybridized carbons (Fsp3) is 0.391.